The van der Waals surface area contributed by atoms with Crippen LogP contribution in [0.5, 0.6) is 0 Å². The van der Waals surface area contributed by atoms with Crippen molar-refractivity contribution in [3.05, 3.63) is 28.7 Å². The fourth-order valence-corrected chi connectivity index (χ4v) is 2.51. The molecule has 0 bridgehead atoms. The summed E-state index contributed by atoms with van der Waals surface area (Å²) in [4.78, 5) is 23.1. The van der Waals surface area contributed by atoms with Gasteiger partial charge in [0.2, 0.25) is 0 Å². The van der Waals surface area contributed by atoms with Crippen LogP contribution in [0, 0.1) is 0 Å². The van der Waals surface area contributed by atoms with Crippen LogP contribution in [-0.4, -0.2) is 25.6 Å². The Kier molecular flexibility index (Phi) is 4.38. The third kappa shape index (κ3) is 3.45. The molecule has 9 heteroatoms. The zero-order valence-electron chi connectivity index (χ0n) is 11.0. The average Bonchev–Trinajstić information content (AvgIpc) is 2.71. The minimum Gasteiger partial charge on any atom is -0.464 e. The van der Waals surface area contributed by atoms with Crippen LogP contribution in [0.4, 0.5) is 0 Å². The van der Waals surface area contributed by atoms with Crippen molar-refractivity contribution in [1.29, 1.82) is 0 Å². The molecule has 0 atom stereocenters. The highest BCUT2D eigenvalue weighted by molar-refractivity contribution is 8.13. The highest BCUT2D eigenvalue weighted by atomic mass is 35.7. The van der Waals surface area contributed by atoms with Crippen LogP contribution >= 0.6 is 10.7 Å². The molecule has 0 amide bonds. The molecule has 0 unspecified atom stereocenters. The predicted octanol–water partition coefficient (Wildman–Crippen LogP) is 1.48. The van der Waals surface area contributed by atoms with Crippen molar-refractivity contribution in [2.75, 3.05) is 6.61 Å². The van der Waals surface area contributed by atoms with Crippen molar-refractivity contribution in [1.82, 2.24) is 4.57 Å². The van der Waals surface area contributed by atoms with Gasteiger partial charge in [-0.25, -0.2) is 13.2 Å². The Morgan fingerprint density at radius 3 is 2.76 bits per heavy atom. The quantitative estimate of drug-likeness (QED) is 0.607. The molecule has 0 spiro atoms. The summed E-state index contributed by atoms with van der Waals surface area (Å²) in [5, 5.41) is 0. The zero-order valence-corrected chi connectivity index (χ0v) is 12.6. The Bertz CT molecular complexity index is 835. The van der Waals surface area contributed by atoms with Crippen molar-refractivity contribution in [3.63, 3.8) is 0 Å². The summed E-state index contributed by atoms with van der Waals surface area (Å²) >= 11 is 0. The molecule has 0 aliphatic rings. The number of fused-ring (bicyclic) bond motifs is 1. The Balaban J connectivity index is 2.40. The van der Waals surface area contributed by atoms with Crippen LogP contribution < -0.4 is 5.76 Å². The monoisotopic (exact) mass is 333 g/mol. The predicted molar refractivity (Wildman–Crippen MR) is 74.8 cm³/mol. The molecule has 2 rings (SSSR count). The maximum absolute atomic E-state index is 11.7. The zero-order chi connectivity index (χ0) is 15.6. The van der Waals surface area contributed by atoms with E-state index in [4.69, 9.17) is 19.8 Å². The molecule has 1 heterocycles. The minimum atomic E-state index is -3.92. The highest BCUT2D eigenvalue weighted by Crippen LogP contribution is 2.21. The first-order valence-electron chi connectivity index (χ1n) is 6.06. The van der Waals surface area contributed by atoms with Gasteiger partial charge in [-0.15, -0.1) is 0 Å². The molecule has 0 aliphatic carbocycles. The maximum Gasteiger partial charge on any atom is 0.420 e. The van der Waals surface area contributed by atoms with Gasteiger partial charge in [-0.05, 0) is 18.6 Å². The molecule has 0 radical (unpaired) electrons. The summed E-state index contributed by atoms with van der Waals surface area (Å²) in [7, 11) is 1.29. The van der Waals surface area contributed by atoms with Gasteiger partial charge in [0.15, 0.2) is 5.58 Å². The SMILES string of the molecule is CCCOC(=O)Cn1c(=O)oc2cc(S(=O)(=O)Cl)ccc21. The molecule has 0 saturated heterocycles. The third-order valence-corrected chi connectivity index (χ3v) is 4.03. The Morgan fingerprint density at radius 1 is 1.43 bits per heavy atom. The van der Waals surface area contributed by atoms with Crippen LogP contribution in [0.2, 0.25) is 0 Å². The molecule has 7 nitrogen and oxygen atoms in total. The number of hydrogen-bond acceptors (Lipinski definition) is 6. The standard InChI is InChI=1S/C12H12ClNO6S/c1-2-5-19-11(15)7-14-9-4-3-8(21(13,17)18)6-10(9)20-12(14)16/h3-4,6H,2,5,7H2,1H3. The van der Waals surface area contributed by atoms with Crippen LogP contribution in [-0.2, 0) is 25.1 Å². The molecule has 1 aromatic heterocycles. The van der Waals surface area contributed by atoms with Gasteiger partial charge in [-0.2, -0.15) is 0 Å². The summed E-state index contributed by atoms with van der Waals surface area (Å²) in [6.45, 7) is 1.80. The van der Waals surface area contributed by atoms with E-state index in [2.05, 4.69) is 0 Å². The molecular weight excluding hydrogens is 322 g/mol. The van der Waals surface area contributed by atoms with E-state index in [0.717, 1.165) is 10.6 Å². The van der Waals surface area contributed by atoms with E-state index in [1.54, 1.807) is 0 Å². The van der Waals surface area contributed by atoms with Crippen LogP contribution in [0.25, 0.3) is 11.1 Å². The maximum atomic E-state index is 11.7. The van der Waals surface area contributed by atoms with E-state index >= 15 is 0 Å². The molecule has 21 heavy (non-hydrogen) atoms. The van der Waals surface area contributed by atoms with Gasteiger partial charge >= 0.3 is 11.7 Å². The second-order valence-electron chi connectivity index (χ2n) is 4.24. The number of hydrogen-bond donors (Lipinski definition) is 0. The van der Waals surface area contributed by atoms with E-state index in [1.807, 2.05) is 6.92 Å². The number of carbonyl (C=O) groups excluding carboxylic acids is 1. The number of esters is 1. The van der Waals surface area contributed by atoms with E-state index < -0.39 is 20.8 Å². The van der Waals surface area contributed by atoms with E-state index in [1.165, 1.54) is 12.1 Å². The van der Waals surface area contributed by atoms with Gasteiger partial charge in [0, 0.05) is 16.7 Å². The van der Waals surface area contributed by atoms with Crippen molar-refractivity contribution >= 4 is 36.8 Å². The highest BCUT2D eigenvalue weighted by Gasteiger charge is 2.17. The normalized spacial score (nSPS) is 11.7. The van der Waals surface area contributed by atoms with Crippen molar-refractivity contribution < 1.29 is 22.4 Å². The molecule has 1 aromatic carbocycles. The number of rotatable bonds is 5. The minimum absolute atomic E-state index is 0.0324. The van der Waals surface area contributed by atoms with Gasteiger partial charge < -0.3 is 9.15 Å². The Labute approximate surface area is 124 Å². The average molecular weight is 334 g/mol. The number of benzene rings is 1. The number of aromatic nitrogens is 1. The van der Waals surface area contributed by atoms with Crippen molar-refractivity contribution in [2.45, 2.75) is 24.8 Å². The lowest BCUT2D eigenvalue weighted by Crippen LogP contribution is -2.21. The van der Waals surface area contributed by atoms with E-state index in [-0.39, 0.29) is 29.1 Å². The number of nitrogens with zero attached hydrogens (tertiary/aromatic N) is 1. The number of ether oxygens (including phenoxy) is 1. The number of oxazole rings is 1. The summed E-state index contributed by atoms with van der Waals surface area (Å²) in [6, 6.07) is 3.71. The largest absolute Gasteiger partial charge is 0.464 e. The van der Waals surface area contributed by atoms with Crippen LogP contribution in [0.3, 0.4) is 0 Å². The Morgan fingerprint density at radius 2 is 2.14 bits per heavy atom. The summed E-state index contributed by atoms with van der Waals surface area (Å²) < 4.78 is 33.3. The Hall–Kier alpha value is -1.80. The molecule has 0 saturated carbocycles. The molecule has 0 N–H and O–H groups in total. The third-order valence-electron chi connectivity index (χ3n) is 2.68. The molecule has 2 aromatic rings. The fraction of sp³-hybridized carbons (Fsp3) is 0.333. The van der Waals surface area contributed by atoms with Crippen molar-refractivity contribution in [2.24, 2.45) is 0 Å². The van der Waals surface area contributed by atoms with E-state index in [0.29, 0.717) is 6.42 Å². The number of carbonyl (C=O) groups is 1. The molecule has 114 valence electrons. The van der Waals surface area contributed by atoms with Crippen LogP contribution in [0.1, 0.15) is 13.3 Å². The summed E-state index contributed by atoms with van der Waals surface area (Å²) in [5.41, 5.74) is 0.322. The van der Waals surface area contributed by atoms with Crippen LogP contribution in [0.15, 0.2) is 32.3 Å². The van der Waals surface area contributed by atoms with Gasteiger partial charge in [-0.1, -0.05) is 6.92 Å². The fourth-order valence-electron chi connectivity index (χ4n) is 1.74. The van der Waals surface area contributed by atoms with Gasteiger partial charge in [0.05, 0.1) is 17.0 Å². The van der Waals surface area contributed by atoms with Gasteiger partial charge in [0.1, 0.15) is 6.54 Å². The number of halogens is 1. The lowest BCUT2D eigenvalue weighted by atomic mass is 10.3. The topological polar surface area (TPSA) is 95.6 Å². The molecule has 0 fully saturated rings. The summed E-state index contributed by atoms with van der Waals surface area (Å²) in [6.07, 6.45) is 0.670. The molecule has 0 aliphatic heterocycles. The van der Waals surface area contributed by atoms with Crippen molar-refractivity contribution in [3.8, 4) is 0 Å². The first kappa shape index (κ1) is 15.6. The lowest BCUT2D eigenvalue weighted by molar-refractivity contribution is -0.144. The first-order chi connectivity index (χ1) is 9.82. The van der Waals surface area contributed by atoms with Gasteiger partial charge in [0.25, 0.3) is 9.05 Å². The smallest absolute Gasteiger partial charge is 0.420 e. The van der Waals surface area contributed by atoms with E-state index in [9.17, 15) is 18.0 Å². The second-order valence-corrected chi connectivity index (χ2v) is 6.81. The second kappa shape index (κ2) is 5.90. The first-order valence-corrected chi connectivity index (χ1v) is 8.37. The lowest BCUT2D eigenvalue weighted by Gasteiger charge is -2.03. The molecular formula is C12H12ClNO6S. The van der Waals surface area contributed by atoms with Gasteiger partial charge in [-0.3, -0.25) is 9.36 Å². The summed E-state index contributed by atoms with van der Waals surface area (Å²) in [5.74, 6) is -1.35.